The number of aromatic nitrogens is 2. The van der Waals surface area contributed by atoms with E-state index in [0.29, 0.717) is 29.1 Å². The number of para-hydroxylation sites is 1. The van der Waals surface area contributed by atoms with E-state index in [1.807, 2.05) is 18.2 Å². The van der Waals surface area contributed by atoms with Gasteiger partial charge >= 0.3 is 6.01 Å². The van der Waals surface area contributed by atoms with Crippen molar-refractivity contribution < 1.29 is 22.0 Å². The molecule has 5 rings (SSSR count). The highest BCUT2D eigenvalue weighted by molar-refractivity contribution is 9.10. The number of benzene rings is 2. The molecular formula is C21H15BrN4O5S. The van der Waals surface area contributed by atoms with Gasteiger partial charge in [0.2, 0.25) is 0 Å². The zero-order valence-electron chi connectivity index (χ0n) is 16.4. The fourth-order valence-electron chi connectivity index (χ4n) is 3.43. The van der Waals surface area contributed by atoms with E-state index in [4.69, 9.17) is 8.83 Å². The molecule has 0 fully saturated rings. The summed E-state index contributed by atoms with van der Waals surface area (Å²) in [6, 6.07) is 16.3. The van der Waals surface area contributed by atoms with Gasteiger partial charge in [-0.25, -0.2) is 8.42 Å². The van der Waals surface area contributed by atoms with Crippen LogP contribution in [0.1, 0.15) is 15.9 Å². The van der Waals surface area contributed by atoms with Crippen LogP contribution in [-0.2, 0) is 16.4 Å². The number of halogens is 1. The van der Waals surface area contributed by atoms with Crippen molar-refractivity contribution in [3.63, 3.8) is 0 Å². The number of nitrogens with zero attached hydrogens (tertiary/aromatic N) is 3. The van der Waals surface area contributed by atoms with Crippen LogP contribution < -0.4 is 9.62 Å². The lowest BCUT2D eigenvalue weighted by atomic mass is 10.2. The van der Waals surface area contributed by atoms with Crippen LogP contribution in [0.5, 0.6) is 0 Å². The van der Waals surface area contributed by atoms with Crippen molar-refractivity contribution in [1.82, 2.24) is 10.2 Å². The lowest BCUT2D eigenvalue weighted by Gasteiger charge is -2.19. The molecule has 0 radical (unpaired) electrons. The van der Waals surface area contributed by atoms with E-state index >= 15 is 0 Å². The van der Waals surface area contributed by atoms with Crippen molar-refractivity contribution in [2.45, 2.75) is 11.3 Å². The zero-order chi connectivity index (χ0) is 22.3. The summed E-state index contributed by atoms with van der Waals surface area (Å²) in [7, 11) is -3.73. The van der Waals surface area contributed by atoms with E-state index in [0.717, 1.165) is 5.56 Å². The monoisotopic (exact) mass is 514 g/mol. The molecule has 0 atom stereocenters. The van der Waals surface area contributed by atoms with Gasteiger partial charge in [0, 0.05) is 12.1 Å². The van der Waals surface area contributed by atoms with Gasteiger partial charge in [-0.2, -0.15) is 0 Å². The summed E-state index contributed by atoms with van der Waals surface area (Å²) in [5.41, 5.74) is 1.92. The summed E-state index contributed by atoms with van der Waals surface area (Å²) in [4.78, 5) is 12.6. The van der Waals surface area contributed by atoms with Crippen molar-refractivity contribution in [3.05, 3.63) is 76.5 Å². The smallest absolute Gasteiger partial charge is 0.322 e. The molecule has 0 saturated carbocycles. The number of furan rings is 1. The number of hydrogen-bond donors (Lipinski definition) is 1. The zero-order valence-corrected chi connectivity index (χ0v) is 18.8. The molecule has 1 aliphatic rings. The van der Waals surface area contributed by atoms with Gasteiger partial charge in [-0.1, -0.05) is 23.3 Å². The molecule has 1 aliphatic heterocycles. The molecule has 2 aromatic heterocycles. The van der Waals surface area contributed by atoms with Gasteiger partial charge in [0.05, 0.1) is 10.6 Å². The average molecular weight is 515 g/mol. The number of carbonyl (C=O) groups is 1. The average Bonchev–Trinajstić information content (AvgIpc) is 3.53. The third-order valence-electron chi connectivity index (χ3n) is 4.98. The van der Waals surface area contributed by atoms with Crippen LogP contribution >= 0.6 is 15.9 Å². The third-order valence-corrected chi connectivity index (χ3v) is 7.23. The second-order valence-electron chi connectivity index (χ2n) is 6.95. The SMILES string of the molecule is O=C(Nc1nnc(-c2ccc(Br)o2)o1)c1ccc(S(=O)(=O)N2CCc3ccccc32)cc1. The lowest BCUT2D eigenvalue weighted by molar-refractivity contribution is 0.102. The number of carbonyl (C=O) groups excluding carboxylic acids is 1. The summed E-state index contributed by atoms with van der Waals surface area (Å²) in [6.45, 7) is 0.385. The Bertz CT molecular complexity index is 1410. The van der Waals surface area contributed by atoms with Crippen LogP contribution in [0.25, 0.3) is 11.7 Å². The Balaban J connectivity index is 1.32. The molecule has 11 heteroatoms. The second-order valence-corrected chi connectivity index (χ2v) is 9.59. The van der Waals surface area contributed by atoms with E-state index in [2.05, 4.69) is 31.4 Å². The minimum atomic E-state index is -3.73. The Morgan fingerprint density at radius 1 is 1.00 bits per heavy atom. The summed E-state index contributed by atoms with van der Waals surface area (Å²) in [5, 5.41) is 10.1. The predicted molar refractivity (Wildman–Crippen MR) is 119 cm³/mol. The number of fused-ring (bicyclic) bond motifs is 1. The Kier molecular flexibility index (Phi) is 5.06. The van der Waals surface area contributed by atoms with Gasteiger partial charge in [0.25, 0.3) is 21.8 Å². The molecule has 0 saturated heterocycles. The number of amides is 1. The molecule has 1 amide bonds. The molecule has 0 spiro atoms. The van der Waals surface area contributed by atoms with Gasteiger partial charge < -0.3 is 8.83 Å². The second kappa shape index (κ2) is 7.92. The molecule has 0 aliphatic carbocycles. The summed E-state index contributed by atoms with van der Waals surface area (Å²) in [5.74, 6) is -0.0578. The molecule has 4 aromatic rings. The topological polar surface area (TPSA) is 119 Å². The van der Waals surface area contributed by atoms with E-state index in [1.54, 1.807) is 18.2 Å². The van der Waals surface area contributed by atoms with E-state index in [1.165, 1.54) is 28.6 Å². The Morgan fingerprint density at radius 3 is 2.53 bits per heavy atom. The van der Waals surface area contributed by atoms with Crippen LogP contribution in [-0.4, -0.2) is 31.1 Å². The van der Waals surface area contributed by atoms with Crippen LogP contribution in [0.3, 0.4) is 0 Å². The molecule has 1 N–H and O–H groups in total. The van der Waals surface area contributed by atoms with Crippen molar-refractivity contribution in [1.29, 1.82) is 0 Å². The largest absolute Gasteiger partial charge is 0.444 e. The molecule has 162 valence electrons. The fourth-order valence-corrected chi connectivity index (χ4v) is 5.24. The molecule has 0 bridgehead atoms. The van der Waals surface area contributed by atoms with Gasteiger partial charge in [-0.3, -0.25) is 14.4 Å². The molecule has 0 unspecified atom stereocenters. The van der Waals surface area contributed by atoms with Crippen molar-refractivity contribution in [2.75, 3.05) is 16.2 Å². The van der Waals surface area contributed by atoms with Crippen LogP contribution in [0, 0.1) is 0 Å². The molecule has 3 heterocycles. The van der Waals surface area contributed by atoms with Crippen LogP contribution in [0.15, 0.2) is 79.1 Å². The lowest BCUT2D eigenvalue weighted by Crippen LogP contribution is -2.29. The standard InChI is InChI=1S/C21H15BrN4O5S/c22-18-10-9-17(30-18)20-24-25-21(31-20)23-19(27)14-5-7-15(8-6-14)32(28,29)26-12-11-13-3-1-2-4-16(13)26/h1-10H,11-12H2,(H,23,25,27). The van der Waals surface area contributed by atoms with Crippen molar-refractivity contribution in [3.8, 4) is 11.7 Å². The summed E-state index contributed by atoms with van der Waals surface area (Å²) >= 11 is 3.18. The molecule has 2 aromatic carbocycles. The summed E-state index contributed by atoms with van der Waals surface area (Å²) < 4.78 is 38.8. The van der Waals surface area contributed by atoms with Crippen LogP contribution in [0.2, 0.25) is 0 Å². The first-order valence-corrected chi connectivity index (χ1v) is 11.8. The van der Waals surface area contributed by atoms with E-state index < -0.39 is 15.9 Å². The maximum atomic E-state index is 13.1. The Labute approximate surface area is 191 Å². The quantitative estimate of drug-likeness (QED) is 0.425. The van der Waals surface area contributed by atoms with E-state index in [9.17, 15) is 13.2 Å². The van der Waals surface area contributed by atoms with Gasteiger partial charge in [-0.05, 0) is 70.4 Å². The highest BCUT2D eigenvalue weighted by atomic mass is 79.9. The minimum absolute atomic E-state index is 0.106. The normalized spacial score (nSPS) is 13.2. The van der Waals surface area contributed by atoms with Crippen molar-refractivity contribution >= 4 is 43.6 Å². The fraction of sp³-hybridized carbons (Fsp3) is 0.0952. The Hall–Kier alpha value is -3.44. The maximum absolute atomic E-state index is 13.1. The number of anilines is 2. The number of sulfonamides is 1. The number of nitrogens with one attached hydrogen (secondary N) is 1. The highest BCUT2D eigenvalue weighted by Gasteiger charge is 2.30. The maximum Gasteiger partial charge on any atom is 0.322 e. The highest BCUT2D eigenvalue weighted by Crippen LogP contribution is 2.32. The number of hydrogen-bond acceptors (Lipinski definition) is 7. The molecule has 9 nitrogen and oxygen atoms in total. The first-order valence-electron chi connectivity index (χ1n) is 9.53. The first-order chi connectivity index (χ1) is 15.4. The first kappa shape index (κ1) is 20.5. The third kappa shape index (κ3) is 3.69. The van der Waals surface area contributed by atoms with Gasteiger partial charge in [-0.15, -0.1) is 5.10 Å². The molecular weight excluding hydrogens is 500 g/mol. The molecule has 32 heavy (non-hydrogen) atoms. The van der Waals surface area contributed by atoms with Gasteiger partial charge in [0.1, 0.15) is 0 Å². The van der Waals surface area contributed by atoms with E-state index in [-0.39, 0.29) is 22.4 Å². The van der Waals surface area contributed by atoms with Crippen molar-refractivity contribution in [2.24, 2.45) is 0 Å². The number of rotatable bonds is 5. The summed E-state index contributed by atoms with van der Waals surface area (Å²) in [6.07, 6.45) is 0.664. The van der Waals surface area contributed by atoms with Crippen LogP contribution in [0.4, 0.5) is 11.7 Å². The Morgan fingerprint density at radius 2 is 1.78 bits per heavy atom. The predicted octanol–water partition coefficient (Wildman–Crippen LogP) is 4.10. The van der Waals surface area contributed by atoms with Gasteiger partial charge in [0.15, 0.2) is 10.4 Å². The minimum Gasteiger partial charge on any atom is -0.444 e.